The van der Waals surface area contributed by atoms with Crippen molar-refractivity contribution >= 4 is 5.91 Å². The highest BCUT2D eigenvalue weighted by Gasteiger charge is 2.35. The first kappa shape index (κ1) is 12.4. The van der Waals surface area contributed by atoms with Crippen LogP contribution in [0.2, 0.25) is 0 Å². The van der Waals surface area contributed by atoms with E-state index in [1.807, 2.05) is 0 Å². The number of carbonyl (C=O) groups is 1. The van der Waals surface area contributed by atoms with Crippen molar-refractivity contribution in [1.29, 1.82) is 0 Å². The maximum Gasteiger partial charge on any atom is 0.249 e. The van der Waals surface area contributed by atoms with Crippen LogP contribution in [0.15, 0.2) is 0 Å². The van der Waals surface area contributed by atoms with Crippen LogP contribution in [0.25, 0.3) is 0 Å². The normalized spacial score (nSPS) is 23.5. The number of carbonyl (C=O) groups excluding carboxylic acids is 1. The van der Waals surface area contributed by atoms with Gasteiger partial charge >= 0.3 is 0 Å². The monoisotopic (exact) mass is 221 g/mol. The minimum Gasteiger partial charge on any atom is -0.372 e. The third kappa shape index (κ3) is 3.74. The Labute approximate surface area is 88.2 Å². The van der Waals surface area contributed by atoms with E-state index >= 15 is 0 Å². The van der Waals surface area contributed by atoms with E-state index in [0.29, 0.717) is 12.8 Å². The molecule has 3 nitrogen and oxygen atoms in total. The van der Waals surface area contributed by atoms with Crippen molar-refractivity contribution in [3.05, 3.63) is 0 Å². The molecule has 0 bridgehead atoms. The lowest BCUT2D eigenvalue weighted by Crippen LogP contribution is -2.44. The second-order valence-electron chi connectivity index (χ2n) is 4.02. The van der Waals surface area contributed by atoms with E-state index in [-0.39, 0.29) is 24.8 Å². The third-order valence-electron chi connectivity index (χ3n) is 2.79. The minimum absolute atomic E-state index is 0.130. The molecule has 1 aliphatic carbocycles. The van der Waals surface area contributed by atoms with Crippen LogP contribution in [-0.4, -0.2) is 31.1 Å². The second-order valence-corrected chi connectivity index (χ2v) is 4.02. The molecule has 0 saturated heterocycles. The average molecular weight is 221 g/mol. The summed E-state index contributed by atoms with van der Waals surface area (Å²) in [7, 11) is 1.44. The number of hydrogen-bond donors (Lipinski definition) is 1. The van der Waals surface area contributed by atoms with E-state index in [1.54, 1.807) is 6.92 Å². The quantitative estimate of drug-likeness (QED) is 0.788. The highest BCUT2D eigenvalue weighted by atomic mass is 19.3. The van der Waals surface area contributed by atoms with Gasteiger partial charge in [0.05, 0.1) is 0 Å². The molecule has 0 spiro atoms. The molecule has 0 aromatic rings. The molecule has 1 N–H and O–H groups in total. The lowest BCUT2D eigenvalue weighted by Gasteiger charge is -2.29. The van der Waals surface area contributed by atoms with Crippen LogP contribution < -0.4 is 5.32 Å². The molecule has 0 aromatic carbocycles. The Kier molecular flexibility index (Phi) is 4.02. The van der Waals surface area contributed by atoms with E-state index in [2.05, 4.69) is 5.32 Å². The first-order chi connectivity index (χ1) is 6.94. The zero-order chi connectivity index (χ0) is 11.5. The van der Waals surface area contributed by atoms with Gasteiger partial charge in [0, 0.05) is 26.0 Å². The Balaban J connectivity index is 2.33. The molecule has 0 unspecified atom stereocenters. The SMILES string of the molecule is CO[C@H](C)C(=O)NC1CCC(F)(F)CC1. The van der Waals surface area contributed by atoms with Gasteiger partial charge in [0.2, 0.25) is 11.8 Å². The average Bonchev–Trinajstić information content (AvgIpc) is 2.20. The number of amides is 1. The lowest BCUT2D eigenvalue weighted by molar-refractivity contribution is -0.131. The van der Waals surface area contributed by atoms with E-state index in [4.69, 9.17) is 4.74 Å². The Morgan fingerprint density at radius 2 is 2.00 bits per heavy atom. The van der Waals surface area contributed by atoms with Crippen molar-refractivity contribution < 1.29 is 18.3 Å². The standard InChI is InChI=1S/C10H17F2NO2/c1-7(15-2)9(14)13-8-3-5-10(11,12)6-4-8/h7-8H,3-6H2,1-2H3,(H,13,14)/t7-/m1/s1. The minimum atomic E-state index is -2.55. The lowest BCUT2D eigenvalue weighted by atomic mass is 9.92. The summed E-state index contributed by atoms with van der Waals surface area (Å²) in [5.41, 5.74) is 0. The van der Waals surface area contributed by atoms with E-state index in [9.17, 15) is 13.6 Å². The van der Waals surface area contributed by atoms with Crippen molar-refractivity contribution in [3.8, 4) is 0 Å². The van der Waals surface area contributed by atoms with Crippen LogP contribution in [0.1, 0.15) is 32.6 Å². The maximum atomic E-state index is 12.8. The van der Waals surface area contributed by atoms with Gasteiger partial charge in [-0.25, -0.2) is 8.78 Å². The van der Waals surface area contributed by atoms with Crippen molar-refractivity contribution in [2.75, 3.05) is 7.11 Å². The topological polar surface area (TPSA) is 38.3 Å². The van der Waals surface area contributed by atoms with Gasteiger partial charge in [0.15, 0.2) is 0 Å². The van der Waals surface area contributed by atoms with E-state index < -0.39 is 12.0 Å². The predicted molar refractivity (Wildman–Crippen MR) is 51.8 cm³/mol. The van der Waals surface area contributed by atoms with Crippen LogP contribution in [0.4, 0.5) is 8.78 Å². The Hall–Kier alpha value is -0.710. The molecule has 1 atom stereocenters. The van der Waals surface area contributed by atoms with Crippen LogP contribution in [0.5, 0.6) is 0 Å². The molecule has 1 rings (SSSR count). The second kappa shape index (κ2) is 4.88. The zero-order valence-electron chi connectivity index (χ0n) is 9.06. The van der Waals surface area contributed by atoms with Gasteiger partial charge in [-0.2, -0.15) is 0 Å². The van der Waals surface area contributed by atoms with Gasteiger partial charge < -0.3 is 10.1 Å². The number of hydrogen-bond acceptors (Lipinski definition) is 2. The number of methoxy groups -OCH3 is 1. The van der Waals surface area contributed by atoms with Crippen LogP contribution in [0, 0.1) is 0 Å². The van der Waals surface area contributed by atoms with Crippen molar-refractivity contribution in [2.24, 2.45) is 0 Å². The molecule has 1 aliphatic rings. The summed E-state index contributed by atoms with van der Waals surface area (Å²) in [5.74, 6) is -2.78. The fourth-order valence-corrected chi connectivity index (χ4v) is 1.61. The van der Waals surface area contributed by atoms with Crippen molar-refractivity contribution in [2.45, 2.75) is 50.7 Å². The third-order valence-corrected chi connectivity index (χ3v) is 2.79. The summed E-state index contributed by atoms with van der Waals surface area (Å²) in [6.07, 6.45) is -0.115. The zero-order valence-corrected chi connectivity index (χ0v) is 9.06. The highest BCUT2D eigenvalue weighted by molar-refractivity contribution is 5.80. The first-order valence-electron chi connectivity index (χ1n) is 5.15. The van der Waals surface area contributed by atoms with Crippen LogP contribution in [0.3, 0.4) is 0 Å². The molecule has 5 heteroatoms. The summed E-state index contributed by atoms with van der Waals surface area (Å²) < 4.78 is 30.4. The molecule has 0 aromatic heterocycles. The van der Waals surface area contributed by atoms with Crippen LogP contribution >= 0.6 is 0 Å². The van der Waals surface area contributed by atoms with Gasteiger partial charge in [-0.3, -0.25) is 4.79 Å². The van der Waals surface area contributed by atoms with E-state index in [1.165, 1.54) is 7.11 Å². The molecule has 1 amide bonds. The molecule has 1 saturated carbocycles. The molecule has 0 aliphatic heterocycles. The molecular formula is C10H17F2NO2. The summed E-state index contributed by atoms with van der Waals surface area (Å²) in [5, 5.41) is 2.71. The largest absolute Gasteiger partial charge is 0.372 e. The van der Waals surface area contributed by atoms with E-state index in [0.717, 1.165) is 0 Å². The molecular weight excluding hydrogens is 204 g/mol. The van der Waals surface area contributed by atoms with Gasteiger partial charge in [-0.05, 0) is 19.8 Å². The maximum absolute atomic E-state index is 12.8. The first-order valence-corrected chi connectivity index (χ1v) is 5.15. The molecule has 88 valence electrons. The number of nitrogens with one attached hydrogen (secondary N) is 1. The summed E-state index contributed by atoms with van der Waals surface area (Å²) in [4.78, 5) is 11.4. The summed E-state index contributed by atoms with van der Waals surface area (Å²) in [6.45, 7) is 1.63. The molecule has 15 heavy (non-hydrogen) atoms. The van der Waals surface area contributed by atoms with Crippen molar-refractivity contribution in [3.63, 3.8) is 0 Å². The van der Waals surface area contributed by atoms with Crippen LogP contribution in [-0.2, 0) is 9.53 Å². The Bertz CT molecular complexity index is 223. The smallest absolute Gasteiger partial charge is 0.249 e. The molecule has 1 fully saturated rings. The Morgan fingerprint density at radius 1 is 1.47 bits per heavy atom. The Morgan fingerprint density at radius 3 is 2.47 bits per heavy atom. The number of alkyl halides is 2. The fraction of sp³-hybridized carbons (Fsp3) is 0.900. The van der Waals surface area contributed by atoms with Gasteiger partial charge in [-0.1, -0.05) is 0 Å². The fourth-order valence-electron chi connectivity index (χ4n) is 1.61. The van der Waals surface area contributed by atoms with Crippen molar-refractivity contribution in [1.82, 2.24) is 5.32 Å². The number of ether oxygens (including phenoxy) is 1. The number of halogens is 2. The predicted octanol–water partition coefficient (Wildman–Crippen LogP) is 1.72. The van der Waals surface area contributed by atoms with Gasteiger partial charge in [0.25, 0.3) is 0 Å². The van der Waals surface area contributed by atoms with Gasteiger partial charge in [0.1, 0.15) is 6.10 Å². The summed E-state index contributed by atoms with van der Waals surface area (Å²) in [6, 6.07) is -0.130. The molecule has 0 radical (unpaired) electrons. The summed E-state index contributed by atoms with van der Waals surface area (Å²) >= 11 is 0. The van der Waals surface area contributed by atoms with Gasteiger partial charge in [-0.15, -0.1) is 0 Å². The number of rotatable bonds is 3. The molecule has 0 heterocycles. The highest BCUT2D eigenvalue weighted by Crippen LogP contribution is 2.32.